The number of hydrogen-bond donors (Lipinski definition) is 1. The molecule has 0 aliphatic heterocycles. The van der Waals surface area contributed by atoms with E-state index in [1.165, 1.54) is 40.9 Å². The highest BCUT2D eigenvalue weighted by Gasteiger charge is 2.30. The van der Waals surface area contributed by atoms with E-state index >= 15 is 0 Å². The summed E-state index contributed by atoms with van der Waals surface area (Å²) in [5.74, 6) is 0.692. The summed E-state index contributed by atoms with van der Waals surface area (Å²) in [6.07, 6.45) is 4.64. The average Bonchev–Trinajstić information content (AvgIpc) is 3.15. The van der Waals surface area contributed by atoms with Gasteiger partial charge in [-0.25, -0.2) is 4.68 Å². The van der Waals surface area contributed by atoms with Crippen LogP contribution in [0.2, 0.25) is 0 Å². The molecule has 3 rings (SSSR count). The van der Waals surface area contributed by atoms with Crippen molar-refractivity contribution in [1.82, 2.24) is 15.1 Å². The van der Waals surface area contributed by atoms with Crippen LogP contribution in [0.4, 0.5) is 0 Å². The maximum atomic E-state index is 4.68. The van der Waals surface area contributed by atoms with Crippen molar-refractivity contribution >= 4 is 0 Å². The number of aryl methyl sites for hydroxylation is 2. The summed E-state index contributed by atoms with van der Waals surface area (Å²) in [5, 5.41) is 8.20. The van der Waals surface area contributed by atoms with Gasteiger partial charge >= 0.3 is 0 Å². The molecule has 1 aromatic carbocycles. The topological polar surface area (TPSA) is 29.9 Å². The molecule has 3 nitrogen and oxygen atoms in total. The molecule has 1 heterocycles. The van der Waals surface area contributed by atoms with Gasteiger partial charge in [-0.05, 0) is 49.9 Å². The zero-order chi connectivity index (χ0) is 15.0. The molecule has 3 heteroatoms. The molecule has 1 fully saturated rings. The van der Waals surface area contributed by atoms with E-state index < -0.39 is 0 Å². The molecular formula is C18H25N3. The molecule has 112 valence electrons. The molecule has 0 saturated heterocycles. The largest absolute Gasteiger partial charge is 0.310 e. The number of nitrogens with zero attached hydrogens (tertiary/aromatic N) is 2. The number of aromatic nitrogens is 2. The van der Waals surface area contributed by atoms with Crippen molar-refractivity contribution in [2.75, 3.05) is 0 Å². The van der Waals surface area contributed by atoms with Gasteiger partial charge in [-0.2, -0.15) is 5.10 Å². The first-order valence-corrected chi connectivity index (χ1v) is 7.93. The van der Waals surface area contributed by atoms with E-state index in [9.17, 15) is 0 Å². The summed E-state index contributed by atoms with van der Waals surface area (Å²) in [4.78, 5) is 0. The van der Waals surface area contributed by atoms with Crippen LogP contribution in [0.3, 0.4) is 0 Å². The lowest BCUT2D eigenvalue weighted by Gasteiger charge is -2.12. The standard InChI is InChI=1S/C18H25N3/c1-12(2)19-10-16-11-20-21(18(16)15-5-6-15)17-8-13(3)7-14(4)9-17/h7-9,11-12,15,19H,5-6,10H2,1-4H3. The van der Waals surface area contributed by atoms with E-state index in [4.69, 9.17) is 0 Å². The summed E-state index contributed by atoms with van der Waals surface area (Å²) in [6.45, 7) is 9.58. The first-order valence-electron chi connectivity index (χ1n) is 7.93. The second kappa shape index (κ2) is 5.64. The Hall–Kier alpha value is -1.61. The van der Waals surface area contributed by atoms with Crippen LogP contribution < -0.4 is 5.32 Å². The van der Waals surface area contributed by atoms with Gasteiger partial charge in [0.1, 0.15) is 0 Å². The van der Waals surface area contributed by atoms with Crippen LogP contribution in [0.25, 0.3) is 5.69 Å². The second-order valence-electron chi connectivity index (χ2n) is 6.62. The van der Waals surface area contributed by atoms with Gasteiger partial charge in [0.05, 0.1) is 17.6 Å². The normalized spacial score (nSPS) is 14.9. The summed E-state index contributed by atoms with van der Waals surface area (Å²) in [7, 11) is 0. The molecule has 0 bridgehead atoms. The van der Waals surface area contributed by atoms with Gasteiger partial charge in [0.25, 0.3) is 0 Å². The van der Waals surface area contributed by atoms with Gasteiger partial charge in [-0.3, -0.25) is 0 Å². The van der Waals surface area contributed by atoms with E-state index in [0.717, 1.165) is 6.54 Å². The molecule has 1 aliphatic carbocycles. The van der Waals surface area contributed by atoms with Crippen LogP contribution in [0.15, 0.2) is 24.4 Å². The molecule has 1 aliphatic rings. The Kier molecular flexibility index (Phi) is 3.85. The third-order valence-electron chi connectivity index (χ3n) is 4.00. The number of benzene rings is 1. The summed E-state index contributed by atoms with van der Waals surface area (Å²) in [6, 6.07) is 7.17. The molecule has 0 atom stereocenters. The number of nitrogens with one attached hydrogen (secondary N) is 1. The molecule has 1 aromatic heterocycles. The van der Waals surface area contributed by atoms with E-state index in [1.807, 2.05) is 6.20 Å². The molecule has 1 N–H and O–H groups in total. The second-order valence-corrected chi connectivity index (χ2v) is 6.62. The first kappa shape index (κ1) is 14.3. The van der Waals surface area contributed by atoms with Crippen LogP contribution in [0, 0.1) is 13.8 Å². The van der Waals surface area contributed by atoms with Crippen LogP contribution in [-0.4, -0.2) is 15.8 Å². The van der Waals surface area contributed by atoms with E-state index in [2.05, 4.69) is 61.0 Å². The molecule has 0 radical (unpaired) electrons. The highest BCUT2D eigenvalue weighted by Crippen LogP contribution is 2.42. The predicted octanol–water partition coefficient (Wildman–Crippen LogP) is 3.86. The van der Waals surface area contributed by atoms with Crippen LogP contribution in [0.5, 0.6) is 0 Å². The van der Waals surface area contributed by atoms with Gasteiger partial charge in [0.15, 0.2) is 0 Å². The van der Waals surface area contributed by atoms with Crippen molar-refractivity contribution in [2.24, 2.45) is 0 Å². The smallest absolute Gasteiger partial charge is 0.0654 e. The minimum absolute atomic E-state index is 0.501. The van der Waals surface area contributed by atoms with Crippen molar-refractivity contribution in [1.29, 1.82) is 0 Å². The lowest BCUT2D eigenvalue weighted by Crippen LogP contribution is -2.22. The third-order valence-corrected chi connectivity index (χ3v) is 4.00. The van der Waals surface area contributed by atoms with Gasteiger partial charge in [-0.15, -0.1) is 0 Å². The van der Waals surface area contributed by atoms with Crippen LogP contribution in [-0.2, 0) is 6.54 Å². The first-order chi connectivity index (χ1) is 10.0. The van der Waals surface area contributed by atoms with Gasteiger partial charge in [0, 0.05) is 24.1 Å². The fourth-order valence-electron chi connectivity index (χ4n) is 2.91. The van der Waals surface area contributed by atoms with Crippen molar-refractivity contribution in [2.45, 2.75) is 59.0 Å². The van der Waals surface area contributed by atoms with E-state index in [0.29, 0.717) is 12.0 Å². The zero-order valence-electron chi connectivity index (χ0n) is 13.5. The van der Waals surface area contributed by atoms with Crippen molar-refractivity contribution < 1.29 is 0 Å². The highest BCUT2D eigenvalue weighted by atomic mass is 15.3. The fourth-order valence-corrected chi connectivity index (χ4v) is 2.91. The molecule has 0 unspecified atom stereocenters. The number of rotatable bonds is 5. The van der Waals surface area contributed by atoms with Crippen molar-refractivity contribution in [3.63, 3.8) is 0 Å². The highest BCUT2D eigenvalue weighted by molar-refractivity contribution is 5.42. The maximum Gasteiger partial charge on any atom is 0.0654 e. The molecular weight excluding hydrogens is 258 g/mol. The third kappa shape index (κ3) is 3.18. The number of hydrogen-bond acceptors (Lipinski definition) is 2. The molecule has 21 heavy (non-hydrogen) atoms. The summed E-state index contributed by atoms with van der Waals surface area (Å²) < 4.78 is 2.16. The van der Waals surface area contributed by atoms with Crippen LogP contribution >= 0.6 is 0 Å². The summed E-state index contributed by atoms with van der Waals surface area (Å²) in [5.41, 5.74) is 6.55. The molecule has 0 spiro atoms. The van der Waals surface area contributed by atoms with Crippen LogP contribution in [0.1, 0.15) is 55.0 Å². The maximum absolute atomic E-state index is 4.68. The monoisotopic (exact) mass is 283 g/mol. The van der Waals surface area contributed by atoms with E-state index in [-0.39, 0.29) is 0 Å². The van der Waals surface area contributed by atoms with E-state index in [1.54, 1.807) is 0 Å². The van der Waals surface area contributed by atoms with Crippen molar-refractivity contribution in [3.05, 3.63) is 46.8 Å². The minimum atomic E-state index is 0.501. The van der Waals surface area contributed by atoms with Gasteiger partial charge < -0.3 is 5.32 Å². The average molecular weight is 283 g/mol. The molecule has 2 aromatic rings. The SMILES string of the molecule is Cc1cc(C)cc(-n2ncc(CNC(C)C)c2C2CC2)c1. The Morgan fingerprint density at radius 1 is 1.19 bits per heavy atom. The quantitative estimate of drug-likeness (QED) is 0.903. The molecule has 1 saturated carbocycles. The Labute approximate surface area is 127 Å². The Balaban J connectivity index is 1.98. The molecule has 0 amide bonds. The predicted molar refractivity (Wildman–Crippen MR) is 87.0 cm³/mol. The van der Waals surface area contributed by atoms with Crippen molar-refractivity contribution in [3.8, 4) is 5.69 Å². The lowest BCUT2D eigenvalue weighted by atomic mass is 10.1. The Morgan fingerprint density at radius 3 is 2.43 bits per heavy atom. The Morgan fingerprint density at radius 2 is 1.86 bits per heavy atom. The summed E-state index contributed by atoms with van der Waals surface area (Å²) >= 11 is 0. The fraction of sp³-hybridized carbons (Fsp3) is 0.500. The lowest BCUT2D eigenvalue weighted by molar-refractivity contribution is 0.585. The minimum Gasteiger partial charge on any atom is -0.310 e. The zero-order valence-corrected chi connectivity index (χ0v) is 13.5. The van der Waals surface area contributed by atoms with Gasteiger partial charge in [-0.1, -0.05) is 19.9 Å². The van der Waals surface area contributed by atoms with Gasteiger partial charge in [0.2, 0.25) is 0 Å². The Bertz CT molecular complexity index is 616.